The van der Waals surface area contributed by atoms with Crippen molar-refractivity contribution in [3.05, 3.63) is 12.2 Å². The van der Waals surface area contributed by atoms with Crippen LogP contribution in [0.1, 0.15) is 19.3 Å². The molecule has 2 rings (SSSR count). The Morgan fingerprint density at radius 1 is 0.706 bits per heavy atom. The highest BCUT2D eigenvalue weighted by Crippen LogP contribution is 2.38. The molecule has 68 valence electrons. The predicted octanol–water partition coefficient (Wildman–Crippen LogP) is -1.84. The second-order valence-corrected chi connectivity index (χ2v) is 4.26. The van der Waals surface area contributed by atoms with E-state index in [0.717, 1.165) is 11.8 Å². The van der Waals surface area contributed by atoms with Gasteiger partial charge in [-0.25, -0.2) is 0 Å². The SMILES string of the molecule is C1=CC2CCC1C2.[B][B][B][B][B][B][B][B][B][B]. The van der Waals surface area contributed by atoms with Crippen molar-refractivity contribution < 1.29 is 0 Å². The molecule has 0 aromatic heterocycles. The van der Waals surface area contributed by atoms with Crippen LogP contribution in [-0.2, 0) is 0 Å². The van der Waals surface area contributed by atoms with Crippen molar-refractivity contribution in [2.45, 2.75) is 19.3 Å². The number of fused-ring (bicyclic) bond motifs is 2. The molecule has 17 heavy (non-hydrogen) atoms. The third-order valence-electron chi connectivity index (χ3n) is 2.95. The fraction of sp³-hybridized carbons (Fsp3) is 0.714. The molecule has 0 spiro atoms. The summed E-state index contributed by atoms with van der Waals surface area (Å²) in [4.78, 5) is 0. The molecule has 0 amide bonds. The van der Waals surface area contributed by atoms with E-state index in [2.05, 4.69) is 12.2 Å². The standard InChI is InChI=1S/C7H10.B10/c1-2-7-4-3-6(1)5-7;1-3-5-7-9-10-8-6-4-2/h1-2,6-7H,3-5H2;. The molecule has 2 aliphatic rings. The zero-order valence-electron chi connectivity index (χ0n) is 10.2. The lowest BCUT2D eigenvalue weighted by atomic mass is 8.89. The minimum atomic E-state index is 0.991. The van der Waals surface area contributed by atoms with Crippen molar-refractivity contribution in [1.82, 2.24) is 0 Å². The van der Waals surface area contributed by atoms with Crippen molar-refractivity contribution in [2.24, 2.45) is 11.8 Å². The first-order valence-corrected chi connectivity index (χ1v) is 6.13. The second kappa shape index (κ2) is 10.3. The van der Waals surface area contributed by atoms with Crippen LogP contribution in [0.4, 0.5) is 0 Å². The van der Waals surface area contributed by atoms with Gasteiger partial charge in [0, 0.05) is 72.0 Å². The number of allylic oxidation sites excluding steroid dienone is 2. The molecule has 0 aromatic rings. The van der Waals surface area contributed by atoms with Crippen molar-refractivity contribution in [3.63, 3.8) is 0 Å². The van der Waals surface area contributed by atoms with Crippen LogP contribution in [0.5, 0.6) is 0 Å². The van der Waals surface area contributed by atoms with E-state index in [9.17, 15) is 0 Å². The maximum absolute atomic E-state index is 5.08. The molecular weight excluding hydrogens is 192 g/mol. The molecule has 2 atom stereocenters. The third-order valence-corrected chi connectivity index (χ3v) is 2.95. The second-order valence-electron chi connectivity index (χ2n) is 4.26. The van der Waals surface area contributed by atoms with Crippen molar-refractivity contribution in [1.29, 1.82) is 0 Å². The lowest BCUT2D eigenvalue weighted by Gasteiger charge is -1.96. The van der Waals surface area contributed by atoms with Crippen LogP contribution in [0.2, 0.25) is 0 Å². The Morgan fingerprint density at radius 3 is 1.35 bits per heavy atom. The Kier molecular flexibility index (Phi) is 9.38. The first-order chi connectivity index (χ1) is 8.36. The number of hydrogen-bond donors (Lipinski definition) is 0. The van der Waals surface area contributed by atoms with Crippen LogP contribution >= 0.6 is 0 Å². The van der Waals surface area contributed by atoms with E-state index in [-0.39, 0.29) is 0 Å². The van der Waals surface area contributed by atoms with Gasteiger partial charge in [0.05, 0.1) is 0 Å². The van der Waals surface area contributed by atoms with Gasteiger partial charge in [-0.15, -0.1) is 0 Å². The van der Waals surface area contributed by atoms with E-state index < -0.39 is 0 Å². The minimum absolute atomic E-state index is 0.991. The summed E-state index contributed by atoms with van der Waals surface area (Å²) in [5.41, 5.74) is 0. The molecule has 1 fully saturated rings. The summed E-state index contributed by atoms with van der Waals surface area (Å²) in [5, 5.41) is 0. The van der Waals surface area contributed by atoms with E-state index in [1.54, 1.807) is 14.1 Å². The fourth-order valence-electron chi connectivity index (χ4n) is 2.10. The van der Waals surface area contributed by atoms with Crippen molar-refractivity contribution in [3.8, 4) is 0 Å². The number of rotatable bonds is 7. The molecule has 12 radical (unpaired) electrons. The molecule has 0 aliphatic heterocycles. The molecule has 2 aliphatic carbocycles. The van der Waals surface area contributed by atoms with Gasteiger partial charge in [-0.3, -0.25) is 0 Å². The molecule has 0 aromatic carbocycles. The summed E-state index contributed by atoms with van der Waals surface area (Å²) < 4.78 is 0. The molecule has 0 heterocycles. The molecule has 1 saturated carbocycles. The molecule has 0 N–H and O–H groups in total. The molecule has 2 unspecified atom stereocenters. The maximum atomic E-state index is 5.08. The van der Waals surface area contributed by atoms with Crippen LogP contribution in [0, 0.1) is 11.8 Å². The van der Waals surface area contributed by atoms with Crippen LogP contribution in [0.3, 0.4) is 0 Å². The van der Waals surface area contributed by atoms with Crippen LogP contribution in [0.25, 0.3) is 0 Å². The largest absolute Gasteiger partial charge is 0.0851 e. The van der Waals surface area contributed by atoms with Gasteiger partial charge in [-0.05, 0) is 31.1 Å². The normalized spacial score (nSPS) is 22.8. The Labute approximate surface area is 115 Å². The van der Waals surface area contributed by atoms with E-state index in [4.69, 9.17) is 15.5 Å². The van der Waals surface area contributed by atoms with Crippen LogP contribution < -0.4 is 0 Å². The fourth-order valence-corrected chi connectivity index (χ4v) is 2.10. The average molecular weight is 202 g/mol. The van der Waals surface area contributed by atoms with Gasteiger partial charge in [0.2, 0.25) is 0 Å². The van der Waals surface area contributed by atoms with Gasteiger partial charge in [-0.2, -0.15) is 0 Å². The molecule has 0 saturated heterocycles. The lowest BCUT2D eigenvalue weighted by Crippen LogP contribution is -2.30. The predicted molar refractivity (Wildman–Crippen MR) is 87.5 cm³/mol. The molecular formula is C7H10B10. The van der Waals surface area contributed by atoms with Gasteiger partial charge in [-0.1, -0.05) is 12.2 Å². The summed E-state index contributed by atoms with van der Waals surface area (Å²) in [7, 11) is 24.0. The molecule has 0 nitrogen and oxygen atoms in total. The monoisotopic (exact) mass is 204 g/mol. The first-order valence-electron chi connectivity index (χ1n) is 6.13. The van der Waals surface area contributed by atoms with E-state index in [1.165, 1.54) is 33.4 Å². The quantitative estimate of drug-likeness (QED) is 0.259. The highest BCUT2D eigenvalue weighted by atomic mass is 14.3. The van der Waals surface area contributed by atoms with E-state index in [0.29, 0.717) is 0 Å². The molecule has 2 bridgehead atoms. The maximum Gasteiger partial charge on any atom is 0 e. The van der Waals surface area contributed by atoms with Crippen LogP contribution in [0.15, 0.2) is 12.2 Å². The Hall–Kier alpha value is 0.389. The van der Waals surface area contributed by atoms with Gasteiger partial charge >= 0.3 is 0 Å². The Bertz CT molecular complexity index is 189. The third kappa shape index (κ3) is 7.42. The zero-order chi connectivity index (χ0) is 12.3. The average Bonchev–Trinajstić information content (AvgIpc) is 2.99. The summed E-state index contributed by atoms with van der Waals surface area (Å²) in [5.74, 6) is 1.98. The highest BCUT2D eigenvalue weighted by molar-refractivity contribution is 7.68. The van der Waals surface area contributed by atoms with Crippen molar-refractivity contribution in [2.75, 3.05) is 0 Å². The van der Waals surface area contributed by atoms with E-state index >= 15 is 0 Å². The zero-order valence-corrected chi connectivity index (χ0v) is 10.2. The first kappa shape index (κ1) is 15.4. The van der Waals surface area contributed by atoms with Crippen molar-refractivity contribution >= 4 is 72.0 Å². The number of hydrogen-bond acceptors (Lipinski definition) is 0. The van der Waals surface area contributed by atoms with Gasteiger partial charge in [0.25, 0.3) is 0 Å². The molecule has 10 heteroatoms. The van der Waals surface area contributed by atoms with E-state index in [1.807, 2.05) is 28.2 Å². The summed E-state index contributed by atoms with van der Waals surface area (Å²) >= 11 is 0. The van der Waals surface area contributed by atoms with Gasteiger partial charge in [0.15, 0.2) is 0 Å². The topological polar surface area (TPSA) is 0 Å². The van der Waals surface area contributed by atoms with Gasteiger partial charge in [0.1, 0.15) is 0 Å². The summed E-state index contributed by atoms with van der Waals surface area (Å²) in [6, 6.07) is 0. The minimum Gasteiger partial charge on any atom is -0.0851 e. The van der Waals surface area contributed by atoms with Gasteiger partial charge < -0.3 is 0 Å². The lowest BCUT2D eigenvalue weighted by molar-refractivity contribution is 0.691. The summed E-state index contributed by atoms with van der Waals surface area (Å²) in [6.45, 7) is 0. The highest BCUT2D eigenvalue weighted by Gasteiger charge is 2.25. The smallest absolute Gasteiger partial charge is 0 e. The van der Waals surface area contributed by atoms with Crippen LogP contribution in [-0.4, -0.2) is 72.0 Å². The Balaban J connectivity index is 0.000000177. The Morgan fingerprint density at radius 2 is 1.12 bits per heavy atom. The summed E-state index contributed by atoms with van der Waals surface area (Å²) in [6.07, 6.45) is 9.19.